The summed E-state index contributed by atoms with van der Waals surface area (Å²) in [6.45, 7) is 5.40. The molecular formula is C27H38O3. The van der Waals surface area contributed by atoms with E-state index in [1.165, 1.54) is 74.1 Å². The molecule has 0 amide bonds. The zero-order chi connectivity index (χ0) is 22.2. The minimum Gasteiger partial charge on any atom is -0.508 e. The van der Waals surface area contributed by atoms with Crippen LogP contribution in [0.3, 0.4) is 0 Å². The number of aliphatic hydroxyl groups is 1. The van der Waals surface area contributed by atoms with Gasteiger partial charge in [0, 0.05) is 7.11 Å². The van der Waals surface area contributed by atoms with Gasteiger partial charge in [-0.25, -0.2) is 0 Å². The number of benzene rings is 2. The monoisotopic (exact) mass is 410 g/mol. The van der Waals surface area contributed by atoms with Crippen LogP contribution in [0.25, 0.3) is 11.1 Å². The van der Waals surface area contributed by atoms with E-state index < -0.39 is 0 Å². The van der Waals surface area contributed by atoms with E-state index in [4.69, 9.17) is 9.90 Å². The molecule has 0 atom stereocenters. The quantitative estimate of drug-likeness (QED) is 0.297. The van der Waals surface area contributed by atoms with Crippen molar-refractivity contribution in [2.24, 2.45) is 5.92 Å². The molecule has 0 spiro atoms. The molecule has 2 aromatic rings. The molecule has 0 bridgehead atoms. The molecule has 1 aliphatic carbocycles. The van der Waals surface area contributed by atoms with Crippen LogP contribution >= 0.6 is 0 Å². The lowest BCUT2D eigenvalue weighted by atomic mass is 9.77. The fourth-order valence-electron chi connectivity index (χ4n) is 4.07. The van der Waals surface area contributed by atoms with Crippen molar-refractivity contribution in [2.75, 3.05) is 7.11 Å². The Morgan fingerprint density at radius 1 is 0.900 bits per heavy atom. The van der Waals surface area contributed by atoms with Gasteiger partial charge >= 0.3 is 0 Å². The summed E-state index contributed by atoms with van der Waals surface area (Å²) in [6, 6.07) is 16.5. The SMILES string of the molecule is C=CC=O.CCCCCC1CCC(c2ccc(-c3ccc(O)cc3)cc2)CC1.CO. The van der Waals surface area contributed by atoms with E-state index in [1.54, 1.807) is 12.1 Å². The Bertz CT molecular complexity index is 690. The van der Waals surface area contributed by atoms with E-state index in [-0.39, 0.29) is 0 Å². The fraction of sp³-hybridized carbons (Fsp3) is 0.444. The van der Waals surface area contributed by atoms with Gasteiger partial charge in [0.05, 0.1) is 0 Å². The molecule has 0 aromatic heterocycles. The lowest BCUT2D eigenvalue weighted by Gasteiger charge is -2.29. The maximum Gasteiger partial charge on any atom is 0.142 e. The average Bonchev–Trinajstić information content (AvgIpc) is 2.82. The Labute approximate surface area is 182 Å². The molecule has 2 aromatic carbocycles. The first-order valence-corrected chi connectivity index (χ1v) is 11.1. The second kappa shape index (κ2) is 15.4. The molecule has 3 nitrogen and oxygen atoms in total. The Morgan fingerprint density at radius 3 is 1.87 bits per heavy atom. The highest BCUT2D eigenvalue weighted by Gasteiger charge is 2.21. The number of hydrogen-bond donors (Lipinski definition) is 2. The van der Waals surface area contributed by atoms with E-state index >= 15 is 0 Å². The van der Waals surface area contributed by atoms with Crippen LogP contribution in [0.2, 0.25) is 0 Å². The van der Waals surface area contributed by atoms with Gasteiger partial charge in [-0.05, 0) is 72.4 Å². The van der Waals surface area contributed by atoms with Crippen molar-refractivity contribution in [2.45, 2.75) is 64.2 Å². The number of hydrogen-bond acceptors (Lipinski definition) is 3. The number of rotatable bonds is 7. The molecule has 0 saturated heterocycles. The van der Waals surface area contributed by atoms with Gasteiger partial charge in [0.15, 0.2) is 0 Å². The highest BCUT2D eigenvalue weighted by molar-refractivity contribution is 5.64. The highest BCUT2D eigenvalue weighted by Crippen LogP contribution is 2.38. The van der Waals surface area contributed by atoms with Crippen LogP contribution in [0, 0.1) is 5.92 Å². The Kier molecular flexibility index (Phi) is 13.2. The molecule has 30 heavy (non-hydrogen) atoms. The molecule has 1 fully saturated rings. The minimum absolute atomic E-state index is 0.325. The number of aldehydes is 1. The molecule has 1 saturated carbocycles. The van der Waals surface area contributed by atoms with Crippen molar-refractivity contribution in [3.05, 3.63) is 66.7 Å². The van der Waals surface area contributed by atoms with Crippen LogP contribution in [-0.2, 0) is 4.79 Å². The molecule has 0 heterocycles. The zero-order valence-corrected chi connectivity index (χ0v) is 18.6. The molecule has 1 aliphatic rings. The van der Waals surface area contributed by atoms with E-state index in [0.29, 0.717) is 12.0 Å². The number of phenols is 1. The molecule has 0 radical (unpaired) electrons. The van der Waals surface area contributed by atoms with Gasteiger partial charge in [0.25, 0.3) is 0 Å². The molecule has 0 aliphatic heterocycles. The maximum atomic E-state index is 9.41. The molecule has 164 valence electrons. The van der Waals surface area contributed by atoms with E-state index in [1.807, 2.05) is 12.1 Å². The summed E-state index contributed by atoms with van der Waals surface area (Å²) in [5, 5.41) is 16.4. The summed E-state index contributed by atoms with van der Waals surface area (Å²) in [5.74, 6) is 2.05. The predicted octanol–water partition coefficient (Wildman–Crippen LogP) is 6.89. The van der Waals surface area contributed by atoms with Crippen LogP contribution < -0.4 is 0 Å². The second-order valence-electron chi connectivity index (χ2n) is 7.75. The van der Waals surface area contributed by atoms with Crippen molar-refractivity contribution in [1.82, 2.24) is 0 Å². The molecule has 3 heteroatoms. The van der Waals surface area contributed by atoms with Crippen LogP contribution in [0.5, 0.6) is 5.75 Å². The smallest absolute Gasteiger partial charge is 0.142 e. The first-order valence-electron chi connectivity index (χ1n) is 11.1. The minimum atomic E-state index is 0.325. The third kappa shape index (κ3) is 8.96. The fourth-order valence-corrected chi connectivity index (χ4v) is 4.07. The predicted molar refractivity (Wildman–Crippen MR) is 127 cm³/mol. The zero-order valence-electron chi connectivity index (χ0n) is 18.6. The van der Waals surface area contributed by atoms with Gasteiger partial charge in [0.1, 0.15) is 12.0 Å². The van der Waals surface area contributed by atoms with Gasteiger partial charge in [-0.1, -0.05) is 75.6 Å². The normalized spacial score (nSPS) is 17.6. The third-order valence-electron chi connectivity index (χ3n) is 5.74. The van der Waals surface area contributed by atoms with Gasteiger partial charge in [0.2, 0.25) is 0 Å². The van der Waals surface area contributed by atoms with Crippen molar-refractivity contribution in [1.29, 1.82) is 0 Å². The molecule has 2 N–H and O–H groups in total. The molecule has 3 rings (SSSR count). The summed E-state index contributed by atoms with van der Waals surface area (Å²) >= 11 is 0. The third-order valence-corrected chi connectivity index (χ3v) is 5.74. The number of aromatic hydroxyl groups is 1. The van der Waals surface area contributed by atoms with E-state index in [9.17, 15) is 5.11 Å². The van der Waals surface area contributed by atoms with Crippen LogP contribution in [0.1, 0.15) is 69.8 Å². The molecule has 0 unspecified atom stereocenters. The van der Waals surface area contributed by atoms with Crippen LogP contribution in [0.15, 0.2) is 61.2 Å². The summed E-state index contributed by atoms with van der Waals surface area (Å²) < 4.78 is 0. The summed E-state index contributed by atoms with van der Waals surface area (Å²) in [5.41, 5.74) is 3.90. The maximum absolute atomic E-state index is 9.41. The summed E-state index contributed by atoms with van der Waals surface area (Å²) in [7, 11) is 1.00. The number of phenolic OH excluding ortho intramolecular Hbond substituents is 1. The Morgan fingerprint density at radius 2 is 1.40 bits per heavy atom. The van der Waals surface area contributed by atoms with Crippen molar-refractivity contribution in [3.8, 4) is 16.9 Å². The van der Waals surface area contributed by atoms with Gasteiger partial charge < -0.3 is 10.2 Å². The first kappa shape index (κ1) is 25.6. The van der Waals surface area contributed by atoms with Gasteiger partial charge in [-0.15, -0.1) is 0 Å². The highest BCUT2D eigenvalue weighted by atomic mass is 16.3. The number of aliphatic hydroxyl groups excluding tert-OH is 1. The Balaban J connectivity index is 0.000000673. The second-order valence-corrected chi connectivity index (χ2v) is 7.75. The summed E-state index contributed by atoms with van der Waals surface area (Å²) in [6.07, 6.45) is 13.0. The van der Waals surface area contributed by atoms with E-state index in [2.05, 4.69) is 37.8 Å². The number of allylic oxidation sites excluding steroid dienone is 1. The number of unbranched alkanes of at least 4 members (excludes halogenated alkanes) is 2. The first-order chi connectivity index (χ1) is 14.7. The average molecular weight is 411 g/mol. The largest absolute Gasteiger partial charge is 0.508 e. The summed E-state index contributed by atoms with van der Waals surface area (Å²) in [4.78, 5) is 9.06. The Hall–Kier alpha value is -2.39. The van der Waals surface area contributed by atoms with Gasteiger partial charge in [-0.3, -0.25) is 4.79 Å². The molecular weight excluding hydrogens is 372 g/mol. The number of carbonyl (C=O) groups excluding carboxylic acids is 1. The van der Waals surface area contributed by atoms with Crippen LogP contribution in [-0.4, -0.2) is 23.6 Å². The van der Waals surface area contributed by atoms with Gasteiger partial charge in [-0.2, -0.15) is 0 Å². The van der Waals surface area contributed by atoms with Crippen LogP contribution in [0.4, 0.5) is 0 Å². The lowest BCUT2D eigenvalue weighted by molar-refractivity contribution is -0.104. The lowest BCUT2D eigenvalue weighted by Crippen LogP contribution is -2.13. The van der Waals surface area contributed by atoms with Crippen molar-refractivity contribution >= 4 is 6.29 Å². The van der Waals surface area contributed by atoms with Crippen molar-refractivity contribution < 1.29 is 15.0 Å². The topological polar surface area (TPSA) is 57.5 Å². The number of carbonyl (C=O) groups is 1. The standard InChI is InChI=1S/C23H30O.C3H4O.CH4O/c1-2-3-4-5-18-6-8-19(9-7-18)20-10-12-21(13-11-20)22-14-16-23(24)17-15-22;1-2-3-4;1-2/h10-19,24H,2-9H2,1H3;2-3H,1H2;2H,1H3. The van der Waals surface area contributed by atoms with Crippen molar-refractivity contribution in [3.63, 3.8) is 0 Å². The van der Waals surface area contributed by atoms with E-state index in [0.717, 1.165) is 18.9 Å².